The van der Waals surface area contributed by atoms with Crippen LogP contribution in [0.25, 0.3) is 0 Å². The summed E-state index contributed by atoms with van der Waals surface area (Å²) in [6.45, 7) is 4.65. The predicted molar refractivity (Wildman–Crippen MR) is 81.2 cm³/mol. The molecule has 0 aliphatic carbocycles. The lowest BCUT2D eigenvalue weighted by atomic mass is 9.82. The number of aryl methyl sites for hydroxylation is 1. The van der Waals surface area contributed by atoms with Gasteiger partial charge in [-0.3, -0.25) is 9.69 Å². The van der Waals surface area contributed by atoms with Crippen LogP contribution in [-0.2, 0) is 16.8 Å². The van der Waals surface area contributed by atoms with Crippen molar-refractivity contribution in [2.45, 2.75) is 25.8 Å². The molecular formula is C17H21NO3. The first-order valence-electron chi connectivity index (χ1n) is 6.94. The molecule has 1 atom stereocenters. The minimum atomic E-state index is -0.947. The molecule has 4 heteroatoms. The van der Waals surface area contributed by atoms with Crippen molar-refractivity contribution >= 4 is 5.97 Å². The van der Waals surface area contributed by atoms with Crippen molar-refractivity contribution in [1.29, 1.82) is 0 Å². The SMILES string of the molecule is Cc1ccc(CN(C)CC(C)(C(=O)O)c2ccccc2)o1. The smallest absolute Gasteiger partial charge is 0.315 e. The molecule has 4 nitrogen and oxygen atoms in total. The number of carbonyl (C=O) groups is 1. The molecule has 2 rings (SSSR count). The second-order valence-electron chi connectivity index (χ2n) is 5.69. The number of aliphatic carboxylic acids is 1. The summed E-state index contributed by atoms with van der Waals surface area (Å²) in [7, 11) is 1.90. The molecule has 0 bridgehead atoms. The molecule has 0 saturated heterocycles. The van der Waals surface area contributed by atoms with E-state index < -0.39 is 11.4 Å². The molecule has 21 heavy (non-hydrogen) atoms. The lowest BCUT2D eigenvalue weighted by molar-refractivity contribution is -0.144. The minimum absolute atomic E-state index is 0.409. The van der Waals surface area contributed by atoms with Gasteiger partial charge < -0.3 is 9.52 Å². The number of carboxylic acid groups (broad SMARTS) is 1. The predicted octanol–water partition coefficient (Wildman–Crippen LogP) is 3.06. The highest BCUT2D eigenvalue weighted by Gasteiger charge is 2.36. The van der Waals surface area contributed by atoms with Gasteiger partial charge in [0.05, 0.1) is 6.54 Å². The maximum atomic E-state index is 11.8. The van der Waals surface area contributed by atoms with E-state index in [0.29, 0.717) is 13.1 Å². The van der Waals surface area contributed by atoms with Crippen LogP contribution in [0.3, 0.4) is 0 Å². The van der Waals surface area contributed by atoms with Gasteiger partial charge in [-0.05, 0) is 38.6 Å². The summed E-state index contributed by atoms with van der Waals surface area (Å²) in [5.74, 6) is 0.884. The Morgan fingerprint density at radius 2 is 1.90 bits per heavy atom. The number of likely N-dealkylation sites (N-methyl/N-ethyl adjacent to an activating group) is 1. The van der Waals surface area contributed by atoms with Crippen LogP contribution >= 0.6 is 0 Å². The van der Waals surface area contributed by atoms with Crippen molar-refractivity contribution in [3.63, 3.8) is 0 Å². The highest BCUT2D eigenvalue weighted by atomic mass is 16.4. The summed E-state index contributed by atoms with van der Waals surface area (Å²) >= 11 is 0. The van der Waals surface area contributed by atoms with E-state index in [2.05, 4.69) is 0 Å². The first-order valence-corrected chi connectivity index (χ1v) is 6.94. The molecule has 1 aromatic heterocycles. The highest BCUT2D eigenvalue weighted by Crippen LogP contribution is 2.25. The van der Waals surface area contributed by atoms with Crippen molar-refractivity contribution in [1.82, 2.24) is 4.90 Å². The van der Waals surface area contributed by atoms with Gasteiger partial charge in [-0.2, -0.15) is 0 Å². The molecule has 0 radical (unpaired) electrons. The molecule has 1 N–H and O–H groups in total. The van der Waals surface area contributed by atoms with E-state index in [1.54, 1.807) is 6.92 Å². The third kappa shape index (κ3) is 3.52. The number of hydrogen-bond acceptors (Lipinski definition) is 3. The summed E-state index contributed by atoms with van der Waals surface area (Å²) in [6, 6.07) is 13.2. The Kier molecular flexibility index (Phi) is 4.48. The Labute approximate surface area is 125 Å². The van der Waals surface area contributed by atoms with Crippen molar-refractivity contribution in [3.8, 4) is 0 Å². The fourth-order valence-corrected chi connectivity index (χ4v) is 2.52. The Hall–Kier alpha value is -2.07. The number of rotatable bonds is 6. The third-order valence-corrected chi connectivity index (χ3v) is 3.69. The van der Waals surface area contributed by atoms with Crippen LogP contribution in [0.5, 0.6) is 0 Å². The van der Waals surface area contributed by atoms with Crippen LogP contribution in [0.4, 0.5) is 0 Å². The number of hydrogen-bond donors (Lipinski definition) is 1. The summed E-state index contributed by atoms with van der Waals surface area (Å²) in [4.78, 5) is 13.7. The number of nitrogens with zero attached hydrogens (tertiary/aromatic N) is 1. The first-order chi connectivity index (χ1) is 9.91. The monoisotopic (exact) mass is 287 g/mol. The van der Waals surface area contributed by atoms with E-state index in [0.717, 1.165) is 17.1 Å². The Bertz CT molecular complexity index is 606. The maximum Gasteiger partial charge on any atom is 0.315 e. The fourth-order valence-electron chi connectivity index (χ4n) is 2.52. The van der Waals surface area contributed by atoms with E-state index in [9.17, 15) is 9.90 Å². The van der Waals surface area contributed by atoms with Gasteiger partial charge in [0.25, 0.3) is 0 Å². The van der Waals surface area contributed by atoms with Crippen molar-refractivity contribution in [2.75, 3.05) is 13.6 Å². The van der Waals surface area contributed by atoms with Crippen LogP contribution < -0.4 is 0 Å². The van der Waals surface area contributed by atoms with E-state index in [1.807, 2.05) is 61.3 Å². The van der Waals surface area contributed by atoms with Gasteiger partial charge >= 0.3 is 5.97 Å². The molecule has 0 aliphatic heterocycles. The summed E-state index contributed by atoms with van der Waals surface area (Å²) in [6.07, 6.45) is 0. The summed E-state index contributed by atoms with van der Waals surface area (Å²) < 4.78 is 5.55. The largest absolute Gasteiger partial charge is 0.481 e. The van der Waals surface area contributed by atoms with Crippen LogP contribution in [0, 0.1) is 6.92 Å². The van der Waals surface area contributed by atoms with Crippen molar-refractivity contribution in [3.05, 3.63) is 59.5 Å². The Morgan fingerprint density at radius 3 is 2.43 bits per heavy atom. The van der Waals surface area contributed by atoms with E-state index in [1.165, 1.54) is 0 Å². The highest BCUT2D eigenvalue weighted by molar-refractivity contribution is 5.81. The molecule has 1 heterocycles. The molecule has 112 valence electrons. The maximum absolute atomic E-state index is 11.8. The Balaban J connectivity index is 2.14. The minimum Gasteiger partial charge on any atom is -0.481 e. The zero-order chi connectivity index (χ0) is 15.5. The molecule has 2 aromatic rings. The van der Waals surface area contributed by atoms with Crippen molar-refractivity contribution in [2.24, 2.45) is 0 Å². The lowest BCUT2D eigenvalue weighted by Gasteiger charge is -2.30. The normalized spacial score (nSPS) is 14.1. The van der Waals surface area contributed by atoms with Crippen LogP contribution in [-0.4, -0.2) is 29.6 Å². The Morgan fingerprint density at radius 1 is 1.24 bits per heavy atom. The third-order valence-electron chi connectivity index (χ3n) is 3.69. The molecule has 0 amide bonds. The lowest BCUT2D eigenvalue weighted by Crippen LogP contribution is -2.43. The number of benzene rings is 1. The standard InChI is InChI=1S/C17H21NO3/c1-13-9-10-15(21-13)11-18(3)12-17(2,16(19)20)14-7-5-4-6-8-14/h4-10H,11-12H2,1-3H3,(H,19,20). The van der Waals surface area contributed by atoms with Gasteiger partial charge in [-0.15, -0.1) is 0 Å². The molecule has 0 saturated carbocycles. The van der Waals surface area contributed by atoms with Gasteiger partial charge in [-0.25, -0.2) is 0 Å². The average Bonchev–Trinajstić information content (AvgIpc) is 2.84. The van der Waals surface area contributed by atoms with Gasteiger partial charge in [0, 0.05) is 6.54 Å². The van der Waals surface area contributed by atoms with Gasteiger partial charge in [0.15, 0.2) is 0 Å². The fraction of sp³-hybridized carbons (Fsp3) is 0.353. The summed E-state index contributed by atoms with van der Waals surface area (Å²) in [5, 5.41) is 9.65. The summed E-state index contributed by atoms with van der Waals surface area (Å²) in [5.41, 5.74) is -0.141. The number of carboxylic acids is 1. The van der Waals surface area contributed by atoms with E-state index in [4.69, 9.17) is 4.42 Å². The molecule has 0 aliphatic rings. The first kappa shape index (κ1) is 15.3. The average molecular weight is 287 g/mol. The molecular weight excluding hydrogens is 266 g/mol. The molecule has 0 fully saturated rings. The van der Waals surface area contributed by atoms with Gasteiger partial charge in [0.2, 0.25) is 0 Å². The van der Waals surface area contributed by atoms with Crippen LogP contribution in [0.15, 0.2) is 46.9 Å². The molecule has 1 unspecified atom stereocenters. The molecule has 0 spiro atoms. The van der Waals surface area contributed by atoms with E-state index in [-0.39, 0.29) is 0 Å². The van der Waals surface area contributed by atoms with Gasteiger partial charge in [0.1, 0.15) is 16.9 Å². The second-order valence-corrected chi connectivity index (χ2v) is 5.69. The number of furan rings is 1. The van der Waals surface area contributed by atoms with Crippen LogP contribution in [0.1, 0.15) is 24.0 Å². The zero-order valence-corrected chi connectivity index (χ0v) is 12.7. The molecule has 1 aromatic carbocycles. The topological polar surface area (TPSA) is 53.7 Å². The van der Waals surface area contributed by atoms with Crippen LogP contribution in [0.2, 0.25) is 0 Å². The quantitative estimate of drug-likeness (QED) is 0.887. The van der Waals surface area contributed by atoms with E-state index >= 15 is 0 Å². The van der Waals surface area contributed by atoms with Crippen molar-refractivity contribution < 1.29 is 14.3 Å². The zero-order valence-electron chi connectivity index (χ0n) is 12.7. The van der Waals surface area contributed by atoms with Gasteiger partial charge in [-0.1, -0.05) is 30.3 Å². The second kappa shape index (κ2) is 6.14.